The Morgan fingerprint density at radius 3 is 2.79 bits per heavy atom. The fraction of sp³-hybridized carbons (Fsp3) is 0.909. The lowest BCUT2D eigenvalue weighted by Crippen LogP contribution is -2.40. The van der Waals surface area contributed by atoms with Crippen molar-refractivity contribution >= 4 is 5.91 Å². The molecule has 1 aliphatic heterocycles. The van der Waals surface area contributed by atoms with E-state index in [1.807, 2.05) is 0 Å². The topological polar surface area (TPSA) is 41.1 Å². The molecule has 14 heavy (non-hydrogen) atoms. The van der Waals surface area contributed by atoms with Gasteiger partial charge in [-0.3, -0.25) is 4.79 Å². The molecule has 1 heterocycles. The van der Waals surface area contributed by atoms with Crippen molar-refractivity contribution in [2.75, 3.05) is 13.1 Å². The third-order valence-electron chi connectivity index (χ3n) is 3.60. The van der Waals surface area contributed by atoms with E-state index < -0.39 is 0 Å². The number of rotatable bonds is 2. The number of hydrogen-bond acceptors (Lipinski definition) is 2. The van der Waals surface area contributed by atoms with Crippen molar-refractivity contribution in [2.24, 2.45) is 11.8 Å². The van der Waals surface area contributed by atoms with Crippen LogP contribution in [-0.4, -0.2) is 25.0 Å². The normalized spacial score (nSPS) is 37.4. The van der Waals surface area contributed by atoms with Crippen LogP contribution in [-0.2, 0) is 4.79 Å². The zero-order valence-electron chi connectivity index (χ0n) is 8.88. The summed E-state index contributed by atoms with van der Waals surface area (Å²) in [7, 11) is 0. The van der Waals surface area contributed by atoms with E-state index in [-0.39, 0.29) is 5.92 Å². The van der Waals surface area contributed by atoms with Crippen molar-refractivity contribution in [1.29, 1.82) is 0 Å². The molecule has 0 radical (unpaired) electrons. The minimum atomic E-state index is 0.288. The minimum Gasteiger partial charge on any atom is -0.352 e. The van der Waals surface area contributed by atoms with E-state index in [9.17, 15) is 4.79 Å². The van der Waals surface area contributed by atoms with Gasteiger partial charge in [0.1, 0.15) is 0 Å². The van der Waals surface area contributed by atoms with E-state index in [1.165, 1.54) is 12.8 Å². The van der Waals surface area contributed by atoms with Crippen LogP contribution in [0.2, 0.25) is 0 Å². The summed E-state index contributed by atoms with van der Waals surface area (Å²) >= 11 is 0. The van der Waals surface area contributed by atoms with Crippen LogP contribution in [0.3, 0.4) is 0 Å². The molecule has 0 spiro atoms. The maximum absolute atomic E-state index is 11.9. The van der Waals surface area contributed by atoms with E-state index in [4.69, 9.17) is 0 Å². The Kier molecular flexibility index (Phi) is 3.06. The lowest BCUT2D eigenvalue weighted by molar-refractivity contribution is -0.126. The lowest BCUT2D eigenvalue weighted by Gasteiger charge is -2.18. The summed E-state index contributed by atoms with van der Waals surface area (Å²) < 4.78 is 0. The summed E-state index contributed by atoms with van der Waals surface area (Å²) in [5.74, 6) is 1.17. The fourth-order valence-electron chi connectivity index (χ4n) is 2.62. The van der Waals surface area contributed by atoms with Crippen LogP contribution in [0.15, 0.2) is 0 Å². The zero-order valence-corrected chi connectivity index (χ0v) is 8.88. The molecule has 0 bridgehead atoms. The quantitative estimate of drug-likeness (QED) is 0.689. The van der Waals surface area contributed by atoms with Gasteiger partial charge in [0.25, 0.3) is 0 Å². The van der Waals surface area contributed by atoms with Crippen LogP contribution in [0.5, 0.6) is 0 Å². The van der Waals surface area contributed by atoms with Crippen LogP contribution in [0.25, 0.3) is 0 Å². The molecule has 3 heteroatoms. The molecule has 0 aromatic rings. The maximum Gasteiger partial charge on any atom is 0.223 e. The fourth-order valence-corrected chi connectivity index (χ4v) is 2.62. The van der Waals surface area contributed by atoms with E-state index >= 15 is 0 Å². The Morgan fingerprint density at radius 2 is 2.21 bits per heavy atom. The van der Waals surface area contributed by atoms with Crippen LogP contribution in [0.1, 0.15) is 32.6 Å². The number of nitrogens with one attached hydrogen (secondary N) is 2. The molecular formula is C11H20N2O. The molecule has 0 aromatic carbocycles. The predicted molar refractivity (Wildman–Crippen MR) is 55.9 cm³/mol. The van der Waals surface area contributed by atoms with Gasteiger partial charge in [0.2, 0.25) is 5.91 Å². The van der Waals surface area contributed by atoms with Crippen LogP contribution in [0, 0.1) is 11.8 Å². The summed E-state index contributed by atoms with van der Waals surface area (Å²) in [5, 5.41) is 6.41. The molecule has 1 aliphatic carbocycles. The molecule has 1 amide bonds. The van der Waals surface area contributed by atoms with Crippen LogP contribution >= 0.6 is 0 Å². The van der Waals surface area contributed by atoms with Gasteiger partial charge in [-0.1, -0.05) is 13.3 Å². The largest absolute Gasteiger partial charge is 0.352 e. The molecule has 2 unspecified atom stereocenters. The first-order valence-corrected chi connectivity index (χ1v) is 5.78. The second kappa shape index (κ2) is 4.30. The molecule has 80 valence electrons. The van der Waals surface area contributed by atoms with Gasteiger partial charge in [-0.15, -0.1) is 0 Å². The van der Waals surface area contributed by atoms with Crippen molar-refractivity contribution in [3.05, 3.63) is 0 Å². The van der Waals surface area contributed by atoms with Crippen molar-refractivity contribution < 1.29 is 4.79 Å². The summed E-state index contributed by atoms with van der Waals surface area (Å²) in [6.45, 7) is 4.20. The average Bonchev–Trinajstić information content (AvgIpc) is 2.75. The number of carbonyl (C=O) groups excluding carboxylic acids is 1. The number of hydrogen-bond donors (Lipinski definition) is 2. The van der Waals surface area contributed by atoms with Crippen molar-refractivity contribution in [3.8, 4) is 0 Å². The van der Waals surface area contributed by atoms with Crippen LogP contribution < -0.4 is 10.6 Å². The van der Waals surface area contributed by atoms with Gasteiger partial charge in [0.15, 0.2) is 0 Å². The molecule has 1 saturated carbocycles. The predicted octanol–water partition coefficient (Wildman–Crippen LogP) is 0.901. The van der Waals surface area contributed by atoms with Crippen molar-refractivity contribution in [2.45, 2.75) is 38.6 Å². The van der Waals surface area contributed by atoms with Gasteiger partial charge in [0, 0.05) is 18.5 Å². The highest BCUT2D eigenvalue weighted by Gasteiger charge is 2.31. The first-order chi connectivity index (χ1) is 6.77. The Balaban J connectivity index is 1.82. The Hall–Kier alpha value is -0.570. The van der Waals surface area contributed by atoms with Gasteiger partial charge in [-0.05, 0) is 31.7 Å². The Bertz CT molecular complexity index is 211. The summed E-state index contributed by atoms with van der Waals surface area (Å²) in [6, 6.07) is 0.385. The van der Waals surface area contributed by atoms with Gasteiger partial charge in [-0.25, -0.2) is 0 Å². The third-order valence-corrected chi connectivity index (χ3v) is 3.60. The highest BCUT2D eigenvalue weighted by molar-refractivity contribution is 5.79. The van der Waals surface area contributed by atoms with Crippen LogP contribution in [0.4, 0.5) is 0 Å². The second-order valence-electron chi connectivity index (χ2n) is 4.71. The highest BCUT2D eigenvalue weighted by Crippen LogP contribution is 2.31. The molecular weight excluding hydrogens is 176 g/mol. The zero-order chi connectivity index (χ0) is 9.97. The van der Waals surface area contributed by atoms with Gasteiger partial charge in [-0.2, -0.15) is 0 Å². The average molecular weight is 196 g/mol. The smallest absolute Gasteiger partial charge is 0.223 e. The van der Waals surface area contributed by atoms with Gasteiger partial charge < -0.3 is 10.6 Å². The van der Waals surface area contributed by atoms with E-state index in [0.29, 0.717) is 17.9 Å². The highest BCUT2D eigenvalue weighted by atomic mass is 16.2. The molecule has 3 nitrogen and oxygen atoms in total. The molecule has 0 aromatic heterocycles. The summed E-state index contributed by atoms with van der Waals surface area (Å²) in [4.78, 5) is 11.9. The monoisotopic (exact) mass is 196 g/mol. The van der Waals surface area contributed by atoms with E-state index in [0.717, 1.165) is 25.9 Å². The molecule has 1 saturated heterocycles. The summed E-state index contributed by atoms with van der Waals surface area (Å²) in [6.07, 6.45) is 4.63. The SMILES string of the molecule is CC1CCCC1C(=O)N[C@H]1CCNC1. The minimum absolute atomic E-state index is 0.288. The maximum atomic E-state index is 11.9. The lowest BCUT2D eigenvalue weighted by atomic mass is 9.97. The Morgan fingerprint density at radius 1 is 1.36 bits per heavy atom. The Labute approximate surface area is 85.6 Å². The van der Waals surface area contributed by atoms with E-state index in [2.05, 4.69) is 17.6 Å². The molecule has 2 aliphatic rings. The molecule has 2 N–H and O–H groups in total. The summed E-state index contributed by atoms with van der Waals surface area (Å²) in [5.41, 5.74) is 0. The first kappa shape index (κ1) is 9.97. The van der Waals surface area contributed by atoms with Gasteiger partial charge >= 0.3 is 0 Å². The number of amides is 1. The number of carbonyl (C=O) groups is 1. The van der Waals surface area contributed by atoms with Crippen molar-refractivity contribution in [3.63, 3.8) is 0 Å². The third kappa shape index (κ3) is 2.08. The van der Waals surface area contributed by atoms with E-state index in [1.54, 1.807) is 0 Å². The second-order valence-corrected chi connectivity index (χ2v) is 4.71. The standard InChI is InChI=1S/C11H20N2O/c1-8-3-2-4-10(8)11(14)13-9-5-6-12-7-9/h8-10,12H,2-7H2,1H3,(H,13,14)/t8?,9-,10?/m0/s1. The molecule has 2 fully saturated rings. The van der Waals surface area contributed by atoms with Gasteiger partial charge in [0.05, 0.1) is 0 Å². The molecule has 3 atom stereocenters. The molecule has 2 rings (SSSR count). The first-order valence-electron chi connectivity index (χ1n) is 5.78. The van der Waals surface area contributed by atoms with Crippen molar-refractivity contribution in [1.82, 2.24) is 10.6 Å².